The van der Waals surface area contributed by atoms with Crippen LogP contribution in [0.2, 0.25) is 0 Å². The minimum atomic E-state index is -0.117. The van der Waals surface area contributed by atoms with Gasteiger partial charge in [0.15, 0.2) is 11.5 Å². The number of hydrogen-bond acceptors (Lipinski definition) is 5. The number of carbonyl (C=O) groups excluding carboxylic acids is 1. The maximum Gasteiger partial charge on any atom is 0.314 e. The minimum Gasteiger partial charge on any atom is -0.354 e. The van der Waals surface area contributed by atoms with E-state index in [1.165, 1.54) is 11.8 Å². The fourth-order valence-electron chi connectivity index (χ4n) is 3.25. The van der Waals surface area contributed by atoms with Crippen molar-refractivity contribution in [3.05, 3.63) is 54.0 Å². The Bertz CT molecular complexity index is 781. The molecule has 3 rings (SSSR count). The predicted molar refractivity (Wildman–Crippen MR) is 103 cm³/mol. The molecule has 0 spiro atoms. The Morgan fingerprint density at radius 3 is 2.63 bits per heavy atom. The molecule has 0 bridgehead atoms. The lowest BCUT2D eigenvalue weighted by molar-refractivity contribution is 0.237. The zero-order valence-corrected chi connectivity index (χ0v) is 15.3. The van der Waals surface area contributed by atoms with Crippen molar-refractivity contribution >= 4 is 11.8 Å². The second kappa shape index (κ2) is 9.53. The Morgan fingerprint density at radius 2 is 1.89 bits per heavy atom. The summed E-state index contributed by atoms with van der Waals surface area (Å²) in [5.41, 5.74) is 1.58. The highest BCUT2D eigenvalue weighted by atomic mass is 16.2. The van der Waals surface area contributed by atoms with Gasteiger partial charge in [-0.3, -0.25) is 0 Å². The molecule has 7 nitrogen and oxygen atoms in total. The summed E-state index contributed by atoms with van der Waals surface area (Å²) in [5.74, 6) is 1.09. The molecule has 0 saturated carbocycles. The van der Waals surface area contributed by atoms with Crippen molar-refractivity contribution in [2.45, 2.75) is 19.3 Å². The van der Waals surface area contributed by atoms with E-state index in [9.17, 15) is 4.79 Å². The first-order valence-corrected chi connectivity index (χ1v) is 9.28. The van der Waals surface area contributed by atoms with Gasteiger partial charge in [-0.05, 0) is 30.7 Å². The molecule has 1 saturated heterocycles. The second-order valence-corrected chi connectivity index (χ2v) is 6.64. The third kappa shape index (κ3) is 5.42. The van der Waals surface area contributed by atoms with Crippen molar-refractivity contribution in [3.63, 3.8) is 0 Å². The van der Waals surface area contributed by atoms with Crippen LogP contribution in [-0.2, 0) is 6.42 Å². The molecule has 27 heavy (non-hydrogen) atoms. The SMILES string of the molecule is N#Cc1nccnc1N1CCC(CNC(=O)NCCc2ccccc2)CC1. The number of amides is 2. The van der Waals surface area contributed by atoms with Gasteiger partial charge in [0.2, 0.25) is 0 Å². The largest absolute Gasteiger partial charge is 0.354 e. The normalized spacial score (nSPS) is 14.4. The number of anilines is 1. The summed E-state index contributed by atoms with van der Waals surface area (Å²) in [4.78, 5) is 22.4. The molecule has 0 atom stereocenters. The molecule has 1 aliphatic heterocycles. The summed E-state index contributed by atoms with van der Waals surface area (Å²) in [7, 11) is 0. The number of carbonyl (C=O) groups is 1. The number of rotatable bonds is 6. The van der Waals surface area contributed by atoms with Crippen molar-refractivity contribution in [1.29, 1.82) is 5.26 Å². The van der Waals surface area contributed by atoms with Gasteiger partial charge in [0, 0.05) is 38.6 Å². The fraction of sp³-hybridized carbons (Fsp3) is 0.400. The molecule has 1 fully saturated rings. The van der Waals surface area contributed by atoms with Gasteiger partial charge in [0.05, 0.1) is 0 Å². The molecular weight excluding hydrogens is 340 g/mol. The lowest BCUT2D eigenvalue weighted by Gasteiger charge is -2.32. The number of nitrogens with one attached hydrogen (secondary N) is 2. The first-order valence-electron chi connectivity index (χ1n) is 9.28. The lowest BCUT2D eigenvalue weighted by Crippen LogP contribution is -2.42. The molecule has 1 aromatic heterocycles. The van der Waals surface area contributed by atoms with Crippen LogP contribution in [0.4, 0.5) is 10.6 Å². The van der Waals surface area contributed by atoms with Gasteiger partial charge in [0.1, 0.15) is 6.07 Å². The first-order chi connectivity index (χ1) is 13.3. The summed E-state index contributed by atoms with van der Waals surface area (Å²) in [6.07, 6.45) is 5.88. The van der Waals surface area contributed by atoms with Crippen LogP contribution in [0, 0.1) is 17.2 Å². The van der Waals surface area contributed by atoms with E-state index in [4.69, 9.17) is 5.26 Å². The number of piperidine rings is 1. The van der Waals surface area contributed by atoms with E-state index in [2.05, 4.69) is 43.7 Å². The third-order valence-electron chi connectivity index (χ3n) is 4.79. The Balaban J connectivity index is 1.36. The number of hydrogen-bond donors (Lipinski definition) is 2. The van der Waals surface area contributed by atoms with Crippen molar-refractivity contribution in [1.82, 2.24) is 20.6 Å². The van der Waals surface area contributed by atoms with Crippen LogP contribution < -0.4 is 15.5 Å². The van der Waals surface area contributed by atoms with E-state index in [-0.39, 0.29) is 6.03 Å². The summed E-state index contributed by atoms with van der Waals surface area (Å²) >= 11 is 0. The molecule has 2 N–H and O–H groups in total. The van der Waals surface area contributed by atoms with Crippen molar-refractivity contribution in [2.75, 3.05) is 31.1 Å². The van der Waals surface area contributed by atoms with Gasteiger partial charge in [-0.1, -0.05) is 30.3 Å². The van der Waals surface area contributed by atoms with Gasteiger partial charge < -0.3 is 15.5 Å². The van der Waals surface area contributed by atoms with Crippen molar-refractivity contribution in [2.24, 2.45) is 5.92 Å². The Morgan fingerprint density at radius 1 is 1.15 bits per heavy atom. The van der Waals surface area contributed by atoms with E-state index in [1.54, 1.807) is 6.20 Å². The molecule has 140 valence electrons. The second-order valence-electron chi connectivity index (χ2n) is 6.64. The molecule has 1 aliphatic rings. The van der Waals surface area contributed by atoms with E-state index in [0.717, 1.165) is 32.4 Å². The van der Waals surface area contributed by atoms with Crippen LogP contribution in [0.15, 0.2) is 42.7 Å². The van der Waals surface area contributed by atoms with Crippen LogP contribution in [0.5, 0.6) is 0 Å². The molecule has 2 amide bonds. The number of benzene rings is 1. The highest BCUT2D eigenvalue weighted by Crippen LogP contribution is 2.22. The molecule has 2 heterocycles. The number of urea groups is 1. The first kappa shape index (κ1) is 18.6. The van der Waals surface area contributed by atoms with E-state index >= 15 is 0 Å². The van der Waals surface area contributed by atoms with Crippen molar-refractivity contribution < 1.29 is 4.79 Å². The summed E-state index contributed by atoms with van der Waals surface area (Å²) in [5, 5.41) is 15.0. The highest BCUT2D eigenvalue weighted by Gasteiger charge is 2.22. The minimum absolute atomic E-state index is 0.117. The van der Waals surface area contributed by atoms with Crippen molar-refractivity contribution in [3.8, 4) is 6.07 Å². The summed E-state index contributed by atoms with van der Waals surface area (Å²) in [6, 6.07) is 12.1. The van der Waals surface area contributed by atoms with Gasteiger partial charge in [0.25, 0.3) is 0 Å². The van der Waals surface area contributed by atoms with Crippen LogP contribution >= 0.6 is 0 Å². The topological polar surface area (TPSA) is 93.9 Å². The van der Waals surface area contributed by atoms with Crippen LogP contribution in [0.3, 0.4) is 0 Å². The van der Waals surface area contributed by atoms with Gasteiger partial charge >= 0.3 is 6.03 Å². The van der Waals surface area contributed by atoms with Crippen LogP contribution in [0.1, 0.15) is 24.1 Å². The standard InChI is InChI=1S/C20H24N6O/c21-14-18-19(23-11-10-22-18)26-12-7-17(8-13-26)15-25-20(27)24-9-6-16-4-2-1-3-5-16/h1-5,10-11,17H,6-9,12-13,15H2,(H2,24,25,27). The molecule has 1 aromatic carbocycles. The van der Waals surface area contributed by atoms with E-state index < -0.39 is 0 Å². The van der Waals surface area contributed by atoms with Gasteiger partial charge in [-0.2, -0.15) is 5.26 Å². The maximum absolute atomic E-state index is 12.0. The zero-order chi connectivity index (χ0) is 18.9. The molecule has 7 heteroatoms. The Hall–Kier alpha value is -3.14. The average molecular weight is 364 g/mol. The zero-order valence-electron chi connectivity index (χ0n) is 15.3. The summed E-state index contributed by atoms with van der Waals surface area (Å²) < 4.78 is 0. The monoisotopic (exact) mass is 364 g/mol. The fourth-order valence-corrected chi connectivity index (χ4v) is 3.25. The molecule has 0 radical (unpaired) electrons. The smallest absolute Gasteiger partial charge is 0.314 e. The molecule has 2 aromatic rings. The quantitative estimate of drug-likeness (QED) is 0.819. The Kier molecular flexibility index (Phi) is 6.58. The van der Waals surface area contributed by atoms with Gasteiger partial charge in [-0.15, -0.1) is 0 Å². The number of aromatic nitrogens is 2. The molecule has 0 aliphatic carbocycles. The number of nitriles is 1. The number of nitrogens with zero attached hydrogens (tertiary/aromatic N) is 4. The predicted octanol–water partition coefficient (Wildman–Crippen LogP) is 2.11. The average Bonchev–Trinajstić information content (AvgIpc) is 2.73. The summed E-state index contributed by atoms with van der Waals surface area (Å²) in [6.45, 7) is 2.92. The van der Waals surface area contributed by atoms with Crippen LogP contribution in [-0.4, -0.2) is 42.2 Å². The highest BCUT2D eigenvalue weighted by molar-refractivity contribution is 5.73. The molecular formula is C20H24N6O. The van der Waals surface area contributed by atoms with Gasteiger partial charge in [-0.25, -0.2) is 14.8 Å². The van der Waals surface area contributed by atoms with Crippen LogP contribution in [0.25, 0.3) is 0 Å². The molecule has 0 unspecified atom stereocenters. The van der Waals surface area contributed by atoms with E-state index in [0.29, 0.717) is 30.5 Å². The van der Waals surface area contributed by atoms with E-state index in [1.807, 2.05) is 18.2 Å². The third-order valence-corrected chi connectivity index (χ3v) is 4.79. The Labute approximate surface area is 159 Å². The lowest BCUT2D eigenvalue weighted by atomic mass is 9.97. The maximum atomic E-state index is 12.0.